The molecule has 0 aliphatic heterocycles. The number of rotatable bonds is 2. The lowest BCUT2D eigenvalue weighted by Crippen LogP contribution is -2.09. The van der Waals surface area contributed by atoms with Crippen LogP contribution in [0.25, 0.3) is 16.2 Å². The van der Waals surface area contributed by atoms with Crippen molar-refractivity contribution in [3.05, 3.63) is 46.6 Å². The van der Waals surface area contributed by atoms with Crippen molar-refractivity contribution in [3.63, 3.8) is 0 Å². The summed E-state index contributed by atoms with van der Waals surface area (Å²) < 4.78 is 1.97. The number of nitrogens with zero attached hydrogens (tertiary/aromatic N) is 2. The van der Waals surface area contributed by atoms with Crippen molar-refractivity contribution in [2.24, 2.45) is 0 Å². The minimum Gasteiger partial charge on any atom is -0.481 e. The van der Waals surface area contributed by atoms with Crippen LogP contribution in [0.1, 0.15) is 28.5 Å². The Balaban J connectivity index is 1.85. The Morgan fingerprint density at radius 2 is 2.14 bits per heavy atom. The molecule has 1 N–H and O–H groups in total. The highest BCUT2D eigenvalue weighted by molar-refractivity contribution is 7.17. The summed E-state index contributed by atoms with van der Waals surface area (Å²) in [6.45, 7) is 2.06. The summed E-state index contributed by atoms with van der Waals surface area (Å²) in [4.78, 5) is 18.1. The summed E-state index contributed by atoms with van der Waals surface area (Å²) in [5.41, 5.74) is 4.11. The lowest BCUT2D eigenvalue weighted by atomic mass is 10.1. The van der Waals surface area contributed by atoms with Gasteiger partial charge in [0.05, 0.1) is 17.3 Å². The summed E-state index contributed by atoms with van der Waals surface area (Å²) in [7, 11) is 0. The molecule has 3 aromatic rings. The number of carboxylic acid groups (broad SMARTS) is 1. The van der Waals surface area contributed by atoms with Gasteiger partial charge in [0, 0.05) is 16.6 Å². The fourth-order valence-electron chi connectivity index (χ4n) is 2.96. The van der Waals surface area contributed by atoms with Crippen LogP contribution in [0.15, 0.2) is 30.5 Å². The maximum atomic E-state index is 11.4. The van der Waals surface area contributed by atoms with Gasteiger partial charge in [0.1, 0.15) is 0 Å². The Bertz CT molecular complexity index is 845. The van der Waals surface area contributed by atoms with Crippen molar-refractivity contribution in [3.8, 4) is 11.3 Å². The summed E-state index contributed by atoms with van der Waals surface area (Å²) in [6, 6.07) is 8.23. The molecule has 1 atom stereocenters. The molecule has 0 fully saturated rings. The van der Waals surface area contributed by atoms with Crippen LogP contribution in [-0.4, -0.2) is 20.5 Å². The molecule has 4 rings (SSSR count). The second-order valence-electron chi connectivity index (χ2n) is 5.48. The van der Waals surface area contributed by atoms with E-state index in [1.54, 1.807) is 11.3 Å². The molecule has 0 saturated heterocycles. The van der Waals surface area contributed by atoms with Crippen molar-refractivity contribution in [1.82, 2.24) is 9.38 Å². The average molecular weight is 298 g/mol. The number of aromatic nitrogens is 2. The molecule has 0 amide bonds. The highest BCUT2D eigenvalue weighted by atomic mass is 32.1. The Kier molecular flexibility index (Phi) is 2.65. The monoisotopic (exact) mass is 298 g/mol. The minimum absolute atomic E-state index is 0.395. The summed E-state index contributed by atoms with van der Waals surface area (Å²) in [5.74, 6) is -1.13. The second kappa shape index (κ2) is 4.43. The molecule has 2 heterocycles. The van der Waals surface area contributed by atoms with Crippen molar-refractivity contribution >= 4 is 22.3 Å². The first-order valence-corrected chi connectivity index (χ1v) is 7.75. The molecule has 4 nitrogen and oxygen atoms in total. The Morgan fingerprint density at radius 3 is 2.86 bits per heavy atom. The number of fused-ring (bicyclic) bond motifs is 3. The van der Waals surface area contributed by atoms with E-state index in [1.807, 2.05) is 10.6 Å². The maximum absolute atomic E-state index is 11.4. The highest BCUT2D eigenvalue weighted by Crippen LogP contribution is 2.39. The fourth-order valence-corrected chi connectivity index (χ4v) is 4.14. The van der Waals surface area contributed by atoms with Crippen LogP contribution in [0.4, 0.5) is 0 Å². The summed E-state index contributed by atoms with van der Waals surface area (Å²) in [6.07, 6.45) is 3.52. The van der Waals surface area contributed by atoms with Gasteiger partial charge in [-0.2, -0.15) is 0 Å². The van der Waals surface area contributed by atoms with Gasteiger partial charge in [-0.05, 0) is 19.8 Å². The topological polar surface area (TPSA) is 54.6 Å². The van der Waals surface area contributed by atoms with Gasteiger partial charge in [-0.25, -0.2) is 4.98 Å². The van der Waals surface area contributed by atoms with Crippen LogP contribution in [0, 0.1) is 6.92 Å². The van der Waals surface area contributed by atoms with E-state index in [-0.39, 0.29) is 0 Å². The molecular formula is C16H14N2O2S. The predicted octanol–water partition coefficient (Wildman–Crippen LogP) is 3.49. The SMILES string of the molecule is Cc1ccc(-c2cn3c4c(sc3n2)CCC4C(=O)O)cc1. The Labute approximate surface area is 125 Å². The van der Waals surface area contributed by atoms with Crippen LogP contribution in [0.3, 0.4) is 0 Å². The van der Waals surface area contributed by atoms with Crippen LogP contribution in [-0.2, 0) is 11.2 Å². The van der Waals surface area contributed by atoms with Crippen LogP contribution in [0.2, 0.25) is 0 Å². The third kappa shape index (κ3) is 1.88. The number of carboxylic acids is 1. The number of carbonyl (C=O) groups is 1. The van der Waals surface area contributed by atoms with Crippen molar-refractivity contribution < 1.29 is 9.90 Å². The molecule has 2 aromatic heterocycles. The summed E-state index contributed by atoms with van der Waals surface area (Å²) >= 11 is 1.61. The number of aliphatic carboxylic acids is 1. The number of hydrogen-bond donors (Lipinski definition) is 1. The van der Waals surface area contributed by atoms with E-state index in [4.69, 9.17) is 0 Å². The summed E-state index contributed by atoms with van der Waals surface area (Å²) in [5, 5.41) is 9.36. The minimum atomic E-state index is -0.737. The fraction of sp³-hybridized carbons (Fsp3) is 0.250. The van der Waals surface area contributed by atoms with Crippen molar-refractivity contribution in [1.29, 1.82) is 0 Å². The van der Waals surface area contributed by atoms with E-state index in [9.17, 15) is 9.90 Å². The normalized spacial score (nSPS) is 17.3. The quantitative estimate of drug-likeness (QED) is 0.788. The smallest absolute Gasteiger partial charge is 0.312 e. The third-order valence-electron chi connectivity index (χ3n) is 4.07. The zero-order valence-corrected chi connectivity index (χ0v) is 12.4. The van der Waals surface area contributed by atoms with Gasteiger partial charge in [-0.15, -0.1) is 11.3 Å². The van der Waals surface area contributed by atoms with E-state index in [0.29, 0.717) is 6.42 Å². The molecule has 0 radical (unpaired) electrons. The zero-order chi connectivity index (χ0) is 14.6. The second-order valence-corrected chi connectivity index (χ2v) is 6.55. The standard InChI is InChI=1S/C16H14N2O2S/c1-9-2-4-10(5-3-9)12-8-18-14-11(15(19)20)6-7-13(14)21-16(18)17-12/h2-5,8,11H,6-7H2,1H3,(H,19,20). The Hall–Kier alpha value is -2.14. The van der Waals surface area contributed by atoms with Gasteiger partial charge in [0.2, 0.25) is 0 Å². The predicted molar refractivity (Wildman–Crippen MR) is 81.9 cm³/mol. The van der Waals surface area contributed by atoms with Gasteiger partial charge in [0.25, 0.3) is 0 Å². The first-order valence-electron chi connectivity index (χ1n) is 6.94. The van der Waals surface area contributed by atoms with Gasteiger partial charge in [-0.3, -0.25) is 9.20 Å². The molecule has 0 saturated carbocycles. The van der Waals surface area contributed by atoms with Crippen LogP contribution >= 0.6 is 11.3 Å². The highest BCUT2D eigenvalue weighted by Gasteiger charge is 2.33. The van der Waals surface area contributed by atoms with E-state index >= 15 is 0 Å². The molecule has 21 heavy (non-hydrogen) atoms. The third-order valence-corrected chi connectivity index (χ3v) is 5.20. The molecule has 1 aromatic carbocycles. The molecule has 1 unspecified atom stereocenters. The zero-order valence-electron chi connectivity index (χ0n) is 11.5. The molecule has 0 bridgehead atoms. The molecular weight excluding hydrogens is 284 g/mol. The number of hydrogen-bond acceptors (Lipinski definition) is 3. The van der Waals surface area contributed by atoms with Gasteiger partial charge >= 0.3 is 5.97 Å². The maximum Gasteiger partial charge on any atom is 0.312 e. The number of imidazole rings is 1. The lowest BCUT2D eigenvalue weighted by Gasteiger charge is -2.03. The number of benzene rings is 1. The Morgan fingerprint density at radius 1 is 1.38 bits per heavy atom. The van der Waals surface area contributed by atoms with E-state index in [2.05, 4.69) is 36.2 Å². The first kappa shape index (κ1) is 12.6. The van der Waals surface area contributed by atoms with Crippen molar-refractivity contribution in [2.75, 3.05) is 0 Å². The largest absolute Gasteiger partial charge is 0.481 e. The van der Waals surface area contributed by atoms with Gasteiger partial charge in [0.15, 0.2) is 4.96 Å². The average Bonchev–Trinajstić information content (AvgIpc) is 3.09. The number of aryl methyl sites for hydroxylation is 2. The first-order chi connectivity index (χ1) is 10.1. The van der Waals surface area contributed by atoms with Gasteiger partial charge < -0.3 is 5.11 Å². The molecule has 0 spiro atoms. The lowest BCUT2D eigenvalue weighted by molar-refractivity contribution is -0.138. The van der Waals surface area contributed by atoms with Crippen molar-refractivity contribution in [2.45, 2.75) is 25.7 Å². The van der Waals surface area contributed by atoms with Crippen LogP contribution < -0.4 is 0 Å². The number of thiazole rings is 1. The molecule has 5 heteroatoms. The van der Waals surface area contributed by atoms with Crippen LogP contribution in [0.5, 0.6) is 0 Å². The van der Waals surface area contributed by atoms with E-state index < -0.39 is 11.9 Å². The molecule has 106 valence electrons. The van der Waals surface area contributed by atoms with Gasteiger partial charge in [-0.1, -0.05) is 29.8 Å². The molecule has 1 aliphatic rings. The van der Waals surface area contributed by atoms with E-state index in [1.165, 1.54) is 10.4 Å². The molecule has 1 aliphatic carbocycles. The van der Waals surface area contributed by atoms with E-state index in [0.717, 1.165) is 28.3 Å².